The first kappa shape index (κ1) is 16.1. The van der Waals surface area contributed by atoms with Crippen LogP contribution in [0.5, 0.6) is 0 Å². The van der Waals surface area contributed by atoms with Crippen LogP contribution in [-0.2, 0) is 9.53 Å². The Hall–Kier alpha value is -1.78. The van der Waals surface area contributed by atoms with Crippen molar-refractivity contribution >= 4 is 17.7 Å². The van der Waals surface area contributed by atoms with Gasteiger partial charge in [-0.2, -0.15) is 0 Å². The summed E-state index contributed by atoms with van der Waals surface area (Å²) >= 11 is 1.58. The Balaban J connectivity index is 1.70. The summed E-state index contributed by atoms with van der Waals surface area (Å²) in [4.78, 5) is 13.8. The quantitative estimate of drug-likeness (QED) is 0.820. The van der Waals surface area contributed by atoms with Gasteiger partial charge in [-0.1, -0.05) is 48.5 Å². The van der Waals surface area contributed by atoms with Gasteiger partial charge in [-0.15, -0.1) is 11.8 Å². The summed E-state index contributed by atoms with van der Waals surface area (Å²) in [5.41, 5.74) is 1.02. The second kappa shape index (κ2) is 8.18. The number of carbonyl (C=O) groups excluding carboxylic acids is 1. The first-order valence-corrected chi connectivity index (χ1v) is 8.87. The molecule has 23 heavy (non-hydrogen) atoms. The summed E-state index contributed by atoms with van der Waals surface area (Å²) in [5, 5.41) is 2.81. The van der Waals surface area contributed by atoms with Crippen molar-refractivity contribution in [2.24, 2.45) is 0 Å². The lowest BCUT2D eigenvalue weighted by molar-refractivity contribution is -0.121. The molecular formula is C19H21NO2S. The van der Waals surface area contributed by atoms with Crippen molar-refractivity contribution in [2.45, 2.75) is 29.1 Å². The lowest BCUT2D eigenvalue weighted by Crippen LogP contribution is -2.34. The molecule has 0 radical (unpaired) electrons. The van der Waals surface area contributed by atoms with Crippen molar-refractivity contribution < 1.29 is 9.53 Å². The van der Waals surface area contributed by atoms with E-state index in [-0.39, 0.29) is 17.3 Å². The summed E-state index contributed by atoms with van der Waals surface area (Å²) in [6, 6.07) is 20.0. The average molecular weight is 327 g/mol. The van der Waals surface area contributed by atoms with Crippen LogP contribution in [0.2, 0.25) is 0 Å². The minimum absolute atomic E-state index is 0.0422. The van der Waals surface area contributed by atoms with E-state index in [1.54, 1.807) is 11.8 Å². The Morgan fingerprint density at radius 1 is 1.13 bits per heavy atom. The summed E-state index contributed by atoms with van der Waals surface area (Å²) in [5.74, 6) is 0.0422. The smallest absolute Gasteiger partial charge is 0.238 e. The van der Waals surface area contributed by atoms with E-state index in [0.29, 0.717) is 6.54 Å². The van der Waals surface area contributed by atoms with Crippen LogP contribution in [0.4, 0.5) is 0 Å². The maximum absolute atomic E-state index is 12.7. The van der Waals surface area contributed by atoms with Gasteiger partial charge in [-0.3, -0.25) is 4.79 Å². The lowest BCUT2D eigenvalue weighted by Gasteiger charge is -2.18. The Bertz CT molecular complexity index is 612. The highest BCUT2D eigenvalue weighted by Crippen LogP contribution is 2.35. The standard InChI is InChI=1S/C19H21NO2S/c21-19(20-14-16-10-7-13-22-16)18(15-8-3-1-4-9-15)23-17-11-5-2-6-12-17/h1-6,8-9,11-12,16,18H,7,10,13-14H2,(H,20,21)/t16-,18-/m0/s1. The van der Waals surface area contributed by atoms with E-state index in [4.69, 9.17) is 4.74 Å². The molecule has 1 fully saturated rings. The normalized spacial score (nSPS) is 18.5. The van der Waals surface area contributed by atoms with Crippen molar-refractivity contribution in [1.29, 1.82) is 0 Å². The van der Waals surface area contributed by atoms with Crippen LogP contribution >= 0.6 is 11.8 Å². The first-order valence-electron chi connectivity index (χ1n) is 7.99. The number of benzene rings is 2. The molecule has 1 amide bonds. The number of hydrogen-bond donors (Lipinski definition) is 1. The number of amides is 1. The zero-order chi connectivity index (χ0) is 15.9. The second-order valence-electron chi connectivity index (χ2n) is 5.60. The third-order valence-electron chi connectivity index (χ3n) is 3.87. The molecular weight excluding hydrogens is 306 g/mol. The number of rotatable bonds is 6. The Morgan fingerprint density at radius 3 is 2.48 bits per heavy atom. The van der Waals surface area contributed by atoms with E-state index in [9.17, 15) is 4.79 Å². The van der Waals surface area contributed by atoms with Crippen molar-refractivity contribution in [3.8, 4) is 0 Å². The van der Waals surface area contributed by atoms with Crippen LogP contribution in [0.15, 0.2) is 65.6 Å². The predicted molar refractivity (Wildman–Crippen MR) is 93.5 cm³/mol. The van der Waals surface area contributed by atoms with Gasteiger partial charge in [0, 0.05) is 18.0 Å². The van der Waals surface area contributed by atoms with Crippen molar-refractivity contribution in [3.05, 3.63) is 66.2 Å². The van der Waals surface area contributed by atoms with Gasteiger partial charge in [0.1, 0.15) is 5.25 Å². The van der Waals surface area contributed by atoms with Gasteiger partial charge >= 0.3 is 0 Å². The number of thioether (sulfide) groups is 1. The van der Waals surface area contributed by atoms with E-state index in [0.717, 1.165) is 29.9 Å². The maximum Gasteiger partial charge on any atom is 0.238 e. The fraction of sp³-hybridized carbons (Fsp3) is 0.316. The SMILES string of the molecule is O=C(NC[C@@H]1CCCO1)[C@@H](Sc1ccccc1)c1ccccc1. The molecule has 3 rings (SSSR count). The van der Waals surface area contributed by atoms with Crippen LogP contribution in [0.25, 0.3) is 0 Å². The monoisotopic (exact) mass is 327 g/mol. The molecule has 1 aliphatic rings. The maximum atomic E-state index is 12.7. The van der Waals surface area contributed by atoms with E-state index in [1.165, 1.54) is 0 Å². The van der Waals surface area contributed by atoms with Gasteiger partial charge in [-0.25, -0.2) is 0 Å². The van der Waals surface area contributed by atoms with Crippen LogP contribution < -0.4 is 5.32 Å². The molecule has 0 aromatic heterocycles. The summed E-state index contributed by atoms with van der Waals surface area (Å²) in [6.45, 7) is 1.40. The molecule has 4 heteroatoms. The first-order chi connectivity index (χ1) is 11.3. The number of ether oxygens (including phenoxy) is 1. The fourth-order valence-electron chi connectivity index (χ4n) is 2.65. The average Bonchev–Trinajstić information content (AvgIpc) is 3.13. The summed E-state index contributed by atoms with van der Waals surface area (Å²) in [7, 11) is 0. The molecule has 1 aliphatic heterocycles. The molecule has 2 aromatic rings. The molecule has 1 N–H and O–H groups in total. The van der Waals surface area contributed by atoms with Crippen molar-refractivity contribution in [2.75, 3.05) is 13.2 Å². The Kier molecular flexibility index (Phi) is 5.72. The molecule has 0 saturated carbocycles. The molecule has 2 aromatic carbocycles. The van der Waals surface area contributed by atoms with Crippen LogP contribution in [-0.4, -0.2) is 25.2 Å². The van der Waals surface area contributed by atoms with Crippen molar-refractivity contribution in [1.82, 2.24) is 5.32 Å². The number of carbonyl (C=O) groups is 1. The third-order valence-corrected chi connectivity index (χ3v) is 5.13. The molecule has 0 aliphatic carbocycles. The fourth-order valence-corrected chi connectivity index (χ4v) is 3.72. The van der Waals surface area contributed by atoms with E-state index >= 15 is 0 Å². The lowest BCUT2D eigenvalue weighted by atomic mass is 10.1. The largest absolute Gasteiger partial charge is 0.376 e. The molecule has 1 heterocycles. The molecule has 0 bridgehead atoms. The molecule has 0 unspecified atom stereocenters. The van der Waals surface area contributed by atoms with Gasteiger partial charge < -0.3 is 10.1 Å². The van der Waals surface area contributed by atoms with Gasteiger partial charge in [0.2, 0.25) is 5.91 Å². The molecule has 0 spiro atoms. The topological polar surface area (TPSA) is 38.3 Å². The predicted octanol–water partition coefficient (Wildman–Crippen LogP) is 3.82. The van der Waals surface area contributed by atoms with Gasteiger partial charge in [-0.05, 0) is 30.5 Å². The number of hydrogen-bond acceptors (Lipinski definition) is 3. The second-order valence-corrected chi connectivity index (χ2v) is 6.78. The van der Waals surface area contributed by atoms with Crippen LogP contribution in [0, 0.1) is 0 Å². The Labute approximate surface area is 141 Å². The minimum Gasteiger partial charge on any atom is -0.376 e. The van der Waals surface area contributed by atoms with Gasteiger partial charge in [0.25, 0.3) is 0 Å². The molecule has 2 atom stereocenters. The van der Waals surface area contributed by atoms with E-state index in [2.05, 4.69) is 5.32 Å². The summed E-state index contributed by atoms with van der Waals surface area (Å²) < 4.78 is 5.59. The molecule has 120 valence electrons. The number of nitrogens with one attached hydrogen (secondary N) is 1. The minimum atomic E-state index is -0.250. The zero-order valence-corrected chi connectivity index (χ0v) is 13.8. The van der Waals surface area contributed by atoms with E-state index < -0.39 is 0 Å². The van der Waals surface area contributed by atoms with Gasteiger partial charge in [0.15, 0.2) is 0 Å². The molecule has 1 saturated heterocycles. The van der Waals surface area contributed by atoms with Gasteiger partial charge in [0.05, 0.1) is 6.10 Å². The van der Waals surface area contributed by atoms with Crippen molar-refractivity contribution in [3.63, 3.8) is 0 Å². The third kappa shape index (κ3) is 4.60. The highest BCUT2D eigenvalue weighted by Gasteiger charge is 2.23. The highest BCUT2D eigenvalue weighted by molar-refractivity contribution is 8.00. The highest BCUT2D eigenvalue weighted by atomic mass is 32.2. The molecule has 3 nitrogen and oxygen atoms in total. The van der Waals surface area contributed by atoms with Crippen LogP contribution in [0.1, 0.15) is 23.7 Å². The zero-order valence-electron chi connectivity index (χ0n) is 13.0. The Morgan fingerprint density at radius 2 is 1.83 bits per heavy atom. The van der Waals surface area contributed by atoms with Crippen LogP contribution in [0.3, 0.4) is 0 Å². The van der Waals surface area contributed by atoms with E-state index in [1.807, 2.05) is 60.7 Å². The summed E-state index contributed by atoms with van der Waals surface area (Å²) in [6.07, 6.45) is 2.28.